The fraction of sp³-hybridized carbons (Fsp3) is 0.150. The summed E-state index contributed by atoms with van der Waals surface area (Å²) >= 11 is 1.48. The minimum Gasteiger partial charge on any atom is -0.493 e. The molecule has 2 aromatic carbocycles. The number of aryl methyl sites for hydroxylation is 1. The van der Waals surface area contributed by atoms with Crippen LogP contribution < -0.4 is 14.8 Å². The number of hydrogen-bond acceptors (Lipinski definition) is 8. The highest BCUT2D eigenvalue weighted by Gasteiger charge is 2.15. The van der Waals surface area contributed by atoms with Crippen LogP contribution in [0.15, 0.2) is 47.3 Å². The standard InChI is InChI=1S/C20H17FN6O3S/c1-12-24-25-26-27(12)17-8-14(4-5-16(17)21)23-20(28)13-3-6-18(19(7-13)29-2)30-9-15-10-31-11-22-15/h3-8,10-11H,9H2,1-2H3,(H,23,28). The molecule has 0 bridgehead atoms. The van der Waals surface area contributed by atoms with Crippen molar-refractivity contribution in [1.29, 1.82) is 0 Å². The molecule has 0 atom stereocenters. The summed E-state index contributed by atoms with van der Waals surface area (Å²) < 4.78 is 26.6. The number of benzene rings is 2. The number of thiazole rings is 1. The molecule has 11 heteroatoms. The maximum atomic E-state index is 14.2. The molecule has 2 heterocycles. The van der Waals surface area contributed by atoms with Crippen molar-refractivity contribution < 1.29 is 18.7 Å². The first-order chi connectivity index (χ1) is 15.0. The molecule has 0 spiro atoms. The highest BCUT2D eigenvalue weighted by Crippen LogP contribution is 2.29. The van der Waals surface area contributed by atoms with Crippen LogP contribution in [0.4, 0.5) is 10.1 Å². The molecule has 0 aliphatic rings. The second kappa shape index (κ2) is 8.88. The predicted octanol–water partition coefficient (Wildman–Crippen LogP) is 3.41. The molecular formula is C20H17FN6O3S. The summed E-state index contributed by atoms with van der Waals surface area (Å²) in [6.07, 6.45) is 0. The van der Waals surface area contributed by atoms with E-state index in [1.807, 2.05) is 5.38 Å². The van der Waals surface area contributed by atoms with E-state index in [0.717, 1.165) is 5.69 Å². The molecule has 0 fully saturated rings. The van der Waals surface area contributed by atoms with Crippen molar-refractivity contribution in [2.45, 2.75) is 13.5 Å². The smallest absolute Gasteiger partial charge is 0.255 e. The minimum absolute atomic E-state index is 0.128. The molecule has 0 saturated carbocycles. The van der Waals surface area contributed by atoms with Gasteiger partial charge in [0.05, 0.1) is 18.3 Å². The van der Waals surface area contributed by atoms with Crippen LogP contribution in [0.25, 0.3) is 5.69 Å². The number of hydrogen-bond donors (Lipinski definition) is 1. The van der Waals surface area contributed by atoms with Crippen LogP contribution in [-0.2, 0) is 6.61 Å². The van der Waals surface area contributed by atoms with Gasteiger partial charge in [0, 0.05) is 16.6 Å². The number of ether oxygens (including phenoxy) is 2. The van der Waals surface area contributed by atoms with E-state index >= 15 is 0 Å². The Kier molecular flexibility index (Phi) is 5.85. The minimum atomic E-state index is -0.517. The average Bonchev–Trinajstić information content (AvgIpc) is 3.45. The van der Waals surface area contributed by atoms with Gasteiger partial charge in [-0.25, -0.2) is 9.37 Å². The quantitative estimate of drug-likeness (QED) is 0.470. The lowest BCUT2D eigenvalue weighted by molar-refractivity contribution is 0.102. The number of rotatable bonds is 7. The van der Waals surface area contributed by atoms with Gasteiger partial charge >= 0.3 is 0 Å². The molecule has 1 amide bonds. The summed E-state index contributed by atoms with van der Waals surface area (Å²) in [6.45, 7) is 1.94. The maximum Gasteiger partial charge on any atom is 0.255 e. The number of nitrogens with one attached hydrogen (secondary N) is 1. The third-order valence-electron chi connectivity index (χ3n) is 4.34. The van der Waals surface area contributed by atoms with Gasteiger partial charge in [-0.1, -0.05) is 0 Å². The van der Waals surface area contributed by atoms with E-state index in [1.165, 1.54) is 41.3 Å². The van der Waals surface area contributed by atoms with E-state index in [9.17, 15) is 9.18 Å². The number of carbonyl (C=O) groups is 1. The normalized spacial score (nSPS) is 10.7. The first kappa shape index (κ1) is 20.4. The molecule has 0 aliphatic carbocycles. The number of nitrogens with zero attached hydrogens (tertiary/aromatic N) is 5. The Balaban J connectivity index is 1.51. The van der Waals surface area contributed by atoms with E-state index in [-0.39, 0.29) is 5.69 Å². The number of amides is 1. The van der Waals surface area contributed by atoms with Gasteiger partial charge in [-0.2, -0.15) is 4.68 Å². The zero-order valence-corrected chi connectivity index (χ0v) is 17.4. The number of methoxy groups -OCH3 is 1. The molecule has 4 rings (SSSR count). The van der Waals surface area contributed by atoms with E-state index in [4.69, 9.17) is 9.47 Å². The first-order valence-electron chi connectivity index (χ1n) is 9.09. The second-order valence-corrected chi connectivity index (χ2v) is 7.11. The monoisotopic (exact) mass is 440 g/mol. The fourth-order valence-electron chi connectivity index (χ4n) is 2.80. The van der Waals surface area contributed by atoms with Crippen LogP contribution in [0, 0.1) is 12.7 Å². The summed E-state index contributed by atoms with van der Waals surface area (Å²) in [4.78, 5) is 16.9. The lowest BCUT2D eigenvalue weighted by Crippen LogP contribution is -2.13. The number of aromatic nitrogens is 5. The molecule has 9 nitrogen and oxygen atoms in total. The van der Waals surface area contributed by atoms with Crippen molar-refractivity contribution in [3.05, 3.63) is 70.2 Å². The molecule has 158 valence electrons. The largest absolute Gasteiger partial charge is 0.493 e. The third-order valence-corrected chi connectivity index (χ3v) is 4.98. The Morgan fingerprint density at radius 1 is 1.23 bits per heavy atom. The molecule has 0 unspecified atom stereocenters. The van der Waals surface area contributed by atoms with Crippen molar-refractivity contribution in [2.75, 3.05) is 12.4 Å². The summed E-state index contributed by atoms with van der Waals surface area (Å²) in [5, 5.41) is 15.7. The van der Waals surface area contributed by atoms with Gasteiger partial charge in [0.25, 0.3) is 5.91 Å². The SMILES string of the molecule is COc1cc(C(=O)Nc2ccc(F)c(-n3nnnc3C)c2)ccc1OCc1cscn1. The molecule has 4 aromatic rings. The topological polar surface area (TPSA) is 104 Å². The Morgan fingerprint density at radius 3 is 2.81 bits per heavy atom. The highest BCUT2D eigenvalue weighted by atomic mass is 32.1. The van der Waals surface area contributed by atoms with E-state index in [1.54, 1.807) is 30.6 Å². The number of carbonyl (C=O) groups excluding carboxylic acids is 1. The van der Waals surface area contributed by atoms with Crippen LogP contribution >= 0.6 is 11.3 Å². The number of anilines is 1. The molecule has 0 saturated heterocycles. The molecular weight excluding hydrogens is 423 g/mol. The van der Waals surface area contributed by atoms with Crippen LogP contribution in [0.1, 0.15) is 21.9 Å². The van der Waals surface area contributed by atoms with E-state index < -0.39 is 11.7 Å². The molecule has 1 N–H and O–H groups in total. The van der Waals surface area contributed by atoms with Crippen molar-refractivity contribution >= 4 is 22.9 Å². The van der Waals surface area contributed by atoms with Gasteiger partial charge in [0.1, 0.15) is 18.1 Å². The maximum absolute atomic E-state index is 14.2. The van der Waals surface area contributed by atoms with E-state index in [0.29, 0.717) is 35.2 Å². The van der Waals surface area contributed by atoms with Crippen molar-refractivity contribution in [3.63, 3.8) is 0 Å². The zero-order chi connectivity index (χ0) is 21.8. The summed E-state index contributed by atoms with van der Waals surface area (Å²) in [5.74, 6) is 0.407. The molecule has 0 aliphatic heterocycles. The van der Waals surface area contributed by atoms with Gasteiger partial charge in [-0.3, -0.25) is 4.79 Å². The first-order valence-corrected chi connectivity index (χ1v) is 10.0. The van der Waals surface area contributed by atoms with E-state index in [2.05, 4.69) is 25.8 Å². The Bertz CT molecular complexity index is 1210. The third kappa shape index (κ3) is 4.51. The lowest BCUT2D eigenvalue weighted by atomic mass is 10.1. The Hall–Kier alpha value is -3.86. The van der Waals surface area contributed by atoms with Gasteiger partial charge in [-0.15, -0.1) is 16.4 Å². The number of halogens is 1. The van der Waals surface area contributed by atoms with Crippen LogP contribution in [0.5, 0.6) is 11.5 Å². The molecule has 31 heavy (non-hydrogen) atoms. The van der Waals surface area contributed by atoms with Crippen LogP contribution in [0.3, 0.4) is 0 Å². The van der Waals surface area contributed by atoms with Crippen molar-refractivity contribution in [1.82, 2.24) is 25.2 Å². The summed E-state index contributed by atoms with van der Waals surface area (Å²) in [6, 6.07) is 8.99. The predicted molar refractivity (Wildman–Crippen MR) is 111 cm³/mol. The lowest BCUT2D eigenvalue weighted by Gasteiger charge is -2.12. The van der Waals surface area contributed by atoms with Gasteiger partial charge in [-0.05, 0) is 53.7 Å². The highest BCUT2D eigenvalue weighted by molar-refractivity contribution is 7.07. The van der Waals surface area contributed by atoms with Crippen LogP contribution in [-0.4, -0.2) is 38.2 Å². The fourth-order valence-corrected chi connectivity index (χ4v) is 3.34. The van der Waals surface area contributed by atoms with Gasteiger partial charge in [0.15, 0.2) is 17.3 Å². The Morgan fingerprint density at radius 2 is 2.10 bits per heavy atom. The summed E-state index contributed by atoms with van der Waals surface area (Å²) in [5.41, 5.74) is 3.40. The van der Waals surface area contributed by atoms with Crippen molar-refractivity contribution in [2.24, 2.45) is 0 Å². The second-order valence-electron chi connectivity index (χ2n) is 6.39. The van der Waals surface area contributed by atoms with Crippen molar-refractivity contribution in [3.8, 4) is 17.2 Å². The molecule has 0 radical (unpaired) electrons. The molecule has 2 aromatic heterocycles. The summed E-state index contributed by atoms with van der Waals surface area (Å²) in [7, 11) is 1.49. The Labute approximate surface area is 180 Å². The zero-order valence-electron chi connectivity index (χ0n) is 16.6. The van der Waals surface area contributed by atoms with Gasteiger partial charge in [0.2, 0.25) is 0 Å². The average molecular weight is 440 g/mol. The number of tetrazole rings is 1. The van der Waals surface area contributed by atoms with Gasteiger partial charge < -0.3 is 14.8 Å². The van der Waals surface area contributed by atoms with Crippen LogP contribution in [0.2, 0.25) is 0 Å².